The Hall–Kier alpha value is -2.95. The first kappa shape index (κ1) is 19.4. The second-order valence-electron chi connectivity index (χ2n) is 8.40. The van der Waals surface area contributed by atoms with Gasteiger partial charge < -0.3 is 5.32 Å². The van der Waals surface area contributed by atoms with Crippen molar-refractivity contribution in [1.29, 1.82) is 0 Å². The number of fused-ring (bicyclic) bond motifs is 1. The highest BCUT2D eigenvalue weighted by Crippen LogP contribution is 2.42. The van der Waals surface area contributed by atoms with Crippen LogP contribution < -0.4 is 10.2 Å². The third kappa shape index (κ3) is 3.46. The van der Waals surface area contributed by atoms with Crippen LogP contribution in [0, 0.1) is 31.6 Å². The van der Waals surface area contributed by atoms with Crippen LogP contribution in [-0.4, -0.2) is 17.7 Å². The molecule has 5 nitrogen and oxygen atoms in total. The first-order valence-corrected chi connectivity index (χ1v) is 10.2. The molecular formula is C24H26N2O3. The molecule has 150 valence electrons. The van der Waals surface area contributed by atoms with E-state index in [0.717, 1.165) is 36.1 Å². The van der Waals surface area contributed by atoms with Gasteiger partial charge >= 0.3 is 0 Å². The number of benzene rings is 2. The van der Waals surface area contributed by atoms with E-state index in [1.54, 1.807) is 24.3 Å². The number of nitrogens with zero attached hydrogens (tertiary/aromatic N) is 1. The van der Waals surface area contributed by atoms with Gasteiger partial charge in [0.05, 0.1) is 17.5 Å². The van der Waals surface area contributed by atoms with E-state index in [9.17, 15) is 14.4 Å². The second kappa shape index (κ2) is 7.47. The third-order valence-corrected chi connectivity index (χ3v) is 6.41. The van der Waals surface area contributed by atoms with Crippen molar-refractivity contribution in [2.75, 3.05) is 10.2 Å². The van der Waals surface area contributed by atoms with E-state index in [0.29, 0.717) is 17.2 Å². The molecule has 0 unspecified atom stereocenters. The highest BCUT2D eigenvalue weighted by Gasteiger charge is 2.50. The summed E-state index contributed by atoms with van der Waals surface area (Å²) in [4.78, 5) is 40.0. The summed E-state index contributed by atoms with van der Waals surface area (Å²) in [5, 5.41) is 2.94. The van der Waals surface area contributed by atoms with Crippen molar-refractivity contribution in [1.82, 2.24) is 0 Å². The molecule has 0 aromatic heterocycles. The first-order valence-electron chi connectivity index (χ1n) is 10.2. The maximum atomic E-state index is 13.0. The van der Waals surface area contributed by atoms with Crippen LogP contribution in [0.15, 0.2) is 42.5 Å². The third-order valence-electron chi connectivity index (χ3n) is 6.41. The summed E-state index contributed by atoms with van der Waals surface area (Å²) in [6.07, 6.45) is 2.50. The minimum Gasteiger partial charge on any atom is -0.322 e. The minimum absolute atomic E-state index is 0.126. The van der Waals surface area contributed by atoms with Crippen molar-refractivity contribution >= 4 is 29.1 Å². The van der Waals surface area contributed by atoms with Crippen LogP contribution in [0.1, 0.15) is 47.7 Å². The minimum atomic E-state index is -0.259. The topological polar surface area (TPSA) is 66.5 Å². The Morgan fingerprint density at radius 3 is 2.52 bits per heavy atom. The van der Waals surface area contributed by atoms with Gasteiger partial charge in [0.2, 0.25) is 11.8 Å². The van der Waals surface area contributed by atoms with Crippen molar-refractivity contribution in [2.45, 2.75) is 40.0 Å². The maximum Gasteiger partial charge on any atom is 0.255 e. The number of amides is 3. The maximum absolute atomic E-state index is 13.0. The van der Waals surface area contributed by atoms with Crippen LogP contribution in [0.25, 0.3) is 0 Å². The highest BCUT2D eigenvalue weighted by molar-refractivity contribution is 6.22. The molecule has 1 N–H and O–H groups in total. The average Bonchev–Trinajstić information content (AvgIpc) is 2.95. The lowest BCUT2D eigenvalue weighted by molar-refractivity contribution is -0.122. The Balaban J connectivity index is 1.59. The molecule has 1 heterocycles. The van der Waals surface area contributed by atoms with E-state index >= 15 is 0 Å². The summed E-state index contributed by atoms with van der Waals surface area (Å²) in [6, 6.07) is 12.5. The molecule has 4 rings (SSSR count). The van der Waals surface area contributed by atoms with Crippen LogP contribution in [-0.2, 0) is 9.59 Å². The van der Waals surface area contributed by atoms with Crippen molar-refractivity contribution in [3.05, 3.63) is 59.2 Å². The number of aryl methyl sites for hydroxylation is 1. The lowest BCUT2D eigenvalue weighted by Gasteiger charge is -2.25. The number of hydrogen-bond donors (Lipinski definition) is 1. The molecule has 3 amide bonds. The number of imide groups is 1. The Labute approximate surface area is 171 Å². The number of rotatable bonds is 3. The van der Waals surface area contributed by atoms with E-state index in [1.165, 1.54) is 4.90 Å². The standard InChI is InChI=1S/C24H26N2O3/c1-14-10-11-19-20(12-14)24(29)26(23(19)28)18-8-5-7-17(13-18)22(27)25-21-9-4-6-15(2)16(21)3/h4-9,13-14,19-20H,10-12H2,1-3H3,(H,25,27)/t14-,19+,20+/m0/s1. The van der Waals surface area contributed by atoms with Crippen LogP contribution in [0.3, 0.4) is 0 Å². The predicted molar refractivity (Wildman–Crippen MR) is 113 cm³/mol. The molecule has 0 radical (unpaired) electrons. The quantitative estimate of drug-likeness (QED) is 0.786. The molecule has 2 aromatic rings. The monoisotopic (exact) mass is 390 g/mol. The van der Waals surface area contributed by atoms with Gasteiger partial charge in [0, 0.05) is 11.3 Å². The van der Waals surface area contributed by atoms with Crippen molar-refractivity contribution in [3.63, 3.8) is 0 Å². The highest BCUT2D eigenvalue weighted by atomic mass is 16.2. The van der Waals surface area contributed by atoms with Crippen LogP contribution in [0.4, 0.5) is 11.4 Å². The molecular weight excluding hydrogens is 364 g/mol. The predicted octanol–water partition coefficient (Wildman–Crippen LogP) is 4.48. The molecule has 2 aromatic carbocycles. The van der Waals surface area contributed by atoms with Gasteiger partial charge in [-0.1, -0.05) is 25.1 Å². The van der Waals surface area contributed by atoms with E-state index < -0.39 is 0 Å². The van der Waals surface area contributed by atoms with Crippen molar-refractivity contribution < 1.29 is 14.4 Å². The largest absolute Gasteiger partial charge is 0.322 e. The van der Waals surface area contributed by atoms with Crippen molar-refractivity contribution in [2.24, 2.45) is 17.8 Å². The zero-order valence-electron chi connectivity index (χ0n) is 17.1. The fraction of sp³-hybridized carbons (Fsp3) is 0.375. The molecule has 2 aliphatic rings. The van der Waals surface area contributed by atoms with Crippen LogP contribution in [0.5, 0.6) is 0 Å². The van der Waals surface area contributed by atoms with Gasteiger partial charge in [-0.3, -0.25) is 19.3 Å². The van der Waals surface area contributed by atoms with Gasteiger partial charge in [-0.05, 0) is 74.4 Å². The second-order valence-corrected chi connectivity index (χ2v) is 8.40. The van der Waals surface area contributed by atoms with Gasteiger partial charge in [0.25, 0.3) is 5.91 Å². The number of carbonyl (C=O) groups is 3. The zero-order valence-corrected chi connectivity index (χ0v) is 17.1. The van der Waals surface area contributed by atoms with Crippen molar-refractivity contribution in [3.8, 4) is 0 Å². The fourth-order valence-corrected chi connectivity index (χ4v) is 4.51. The Morgan fingerprint density at radius 2 is 1.72 bits per heavy atom. The van der Waals surface area contributed by atoms with Gasteiger partial charge in [0.1, 0.15) is 0 Å². The Bertz CT molecular complexity index is 997. The summed E-state index contributed by atoms with van der Waals surface area (Å²) in [7, 11) is 0. The fourth-order valence-electron chi connectivity index (χ4n) is 4.51. The number of hydrogen-bond acceptors (Lipinski definition) is 3. The Kier molecular flexibility index (Phi) is 4.99. The van der Waals surface area contributed by atoms with E-state index in [-0.39, 0.29) is 29.6 Å². The lowest BCUT2D eigenvalue weighted by Crippen LogP contribution is -2.31. The summed E-state index contributed by atoms with van der Waals surface area (Å²) >= 11 is 0. The summed E-state index contributed by atoms with van der Waals surface area (Å²) < 4.78 is 0. The number of carbonyl (C=O) groups excluding carboxylic acids is 3. The van der Waals surface area contributed by atoms with E-state index in [2.05, 4.69) is 12.2 Å². The molecule has 29 heavy (non-hydrogen) atoms. The molecule has 1 aliphatic carbocycles. The first-order chi connectivity index (χ1) is 13.9. The summed E-state index contributed by atoms with van der Waals surface area (Å²) in [5.74, 6) is -0.490. The number of anilines is 2. The smallest absolute Gasteiger partial charge is 0.255 e. The van der Waals surface area contributed by atoms with Crippen LogP contribution in [0.2, 0.25) is 0 Å². The lowest BCUT2D eigenvalue weighted by atomic mass is 9.76. The van der Waals surface area contributed by atoms with Gasteiger partial charge in [-0.15, -0.1) is 0 Å². The van der Waals surface area contributed by atoms with Gasteiger partial charge in [-0.25, -0.2) is 0 Å². The summed E-state index contributed by atoms with van der Waals surface area (Å²) in [6.45, 7) is 6.09. The average molecular weight is 390 g/mol. The van der Waals surface area contributed by atoms with E-state index in [1.807, 2.05) is 32.0 Å². The molecule has 2 fully saturated rings. The Morgan fingerprint density at radius 1 is 1.00 bits per heavy atom. The molecule has 5 heteroatoms. The normalized spacial score (nSPS) is 23.8. The molecule has 1 saturated carbocycles. The SMILES string of the molecule is Cc1cccc(NC(=O)c2cccc(N3C(=O)[C@@H]4CC[C@H](C)C[C@H]4C3=O)c2)c1C. The summed E-state index contributed by atoms with van der Waals surface area (Å²) in [5.41, 5.74) is 3.78. The molecule has 0 spiro atoms. The molecule has 1 saturated heterocycles. The van der Waals surface area contributed by atoms with Gasteiger partial charge in [-0.2, -0.15) is 0 Å². The number of nitrogens with one attached hydrogen (secondary N) is 1. The molecule has 3 atom stereocenters. The molecule has 0 bridgehead atoms. The van der Waals surface area contributed by atoms with Crippen LogP contribution >= 0.6 is 0 Å². The van der Waals surface area contributed by atoms with E-state index in [4.69, 9.17) is 0 Å². The van der Waals surface area contributed by atoms with Gasteiger partial charge in [0.15, 0.2) is 0 Å². The molecule has 1 aliphatic heterocycles. The zero-order chi connectivity index (χ0) is 20.7.